The van der Waals surface area contributed by atoms with Gasteiger partial charge in [0, 0.05) is 32.1 Å². The van der Waals surface area contributed by atoms with Crippen LogP contribution in [-0.2, 0) is 17.1 Å². The number of hydrogen-bond acceptors (Lipinski definition) is 5. The standard InChI is InChI=1S/C19H24ClN5O3S/c1-13-3-6-15(16(20)7-13)18(26)21-10-19(8-14-4-5-14)11-25(12-19)29(27,28)17-9-22-23-24(17)2/h3,6-7,9,14H,4-5,8,10-12H2,1-2H3,(H,21,26). The lowest BCUT2D eigenvalue weighted by atomic mass is 9.76. The zero-order valence-electron chi connectivity index (χ0n) is 16.4. The van der Waals surface area contributed by atoms with Crippen LogP contribution in [0.4, 0.5) is 0 Å². The number of nitrogens with one attached hydrogen (secondary N) is 1. The first kappa shape index (κ1) is 20.3. The topological polar surface area (TPSA) is 97.2 Å². The maximum Gasteiger partial charge on any atom is 0.261 e. The lowest BCUT2D eigenvalue weighted by molar-refractivity contribution is 0.0503. The van der Waals surface area contributed by atoms with E-state index in [4.69, 9.17) is 11.6 Å². The molecule has 1 saturated heterocycles. The lowest BCUT2D eigenvalue weighted by Gasteiger charge is -2.49. The molecule has 2 heterocycles. The highest BCUT2D eigenvalue weighted by Crippen LogP contribution is 2.46. The lowest BCUT2D eigenvalue weighted by Crippen LogP contribution is -2.62. The number of nitrogens with zero attached hydrogens (tertiary/aromatic N) is 4. The van der Waals surface area contributed by atoms with Gasteiger partial charge in [-0.05, 0) is 37.0 Å². The molecule has 1 amide bonds. The molecule has 1 aliphatic heterocycles. The monoisotopic (exact) mass is 437 g/mol. The fraction of sp³-hybridized carbons (Fsp3) is 0.526. The van der Waals surface area contributed by atoms with Crippen molar-refractivity contribution < 1.29 is 13.2 Å². The Morgan fingerprint density at radius 3 is 2.66 bits per heavy atom. The number of rotatable bonds is 7. The summed E-state index contributed by atoms with van der Waals surface area (Å²) in [6, 6.07) is 5.32. The van der Waals surface area contributed by atoms with Crippen LogP contribution >= 0.6 is 11.6 Å². The van der Waals surface area contributed by atoms with Crippen LogP contribution in [0.15, 0.2) is 29.4 Å². The predicted molar refractivity (Wildman–Crippen MR) is 108 cm³/mol. The van der Waals surface area contributed by atoms with Gasteiger partial charge in [-0.25, -0.2) is 13.1 Å². The highest BCUT2D eigenvalue weighted by Gasteiger charge is 2.51. The third kappa shape index (κ3) is 4.04. The highest BCUT2D eigenvalue weighted by molar-refractivity contribution is 7.89. The fourth-order valence-electron chi connectivity index (χ4n) is 3.93. The van der Waals surface area contributed by atoms with Crippen LogP contribution in [-0.4, -0.2) is 53.3 Å². The molecule has 2 fully saturated rings. The van der Waals surface area contributed by atoms with Crippen LogP contribution < -0.4 is 5.32 Å². The van der Waals surface area contributed by atoms with E-state index in [1.54, 1.807) is 19.2 Å². The number of aromatic nitrogens is 3. The zero-order valence-corrected chi connectivity index (χ0v) is 18.0. The smallest absolute Gasteiger partial charge is 0.261 e. The minimum atomic E-state index is -3.64. The molecular formula is C19H24ClN5O3S. The van der Waals surface area contributed by atoms with E-state index >= 15 is 0 Å². The molecule has 4 rings (SSSR count). The number of sulfonamides is 1. The average molecular weight is 438 g/mol. The largest absolute Gasteiger partial charge is 0.351 e. The summed E-state index contributed by atoms with van der Waals surface area (Å²) in [6.07, 6.45) is 4.50. The molecular weight excluding hydrogens is 414 g/mol. The molecule has 156 valence electrons. The van der Waals surface area contributed by atoms with E-state index in [0.717, 1.165) is 24.8 Å². The summed E-state index contributed by atoms with van der Waals surface area (Å²) in [5.41, 5.74) is 1.16. The van der Waals surface area contributed by atoms with E-state index in [1.807, 2.05) is 13.0 Å². The molecule has 1 aromatic heterocycles. The Balaban J connectivity index is 1.45. The van der Waals surface area contributed by atoms with Crippen molar-refractivity contribution in [3.63, 3.8) is 0 Å². The average Bonchev–Trinajstić information content (AvgIpc) is 3.33. The molecule has 10 heteroatoms. The molecule has 0 atom stereocenters. The molecule has 1 saturated carbocycles. The SMILES string of the molecule is Cc1ccc(C(=O)NCC2(CC3CC3)CN(S(=O)(=O)c3cnnn3C)C2)c(Cl)c1. The van der Waals surface area contributed by atoms with Crippen molar-refractivity contribution in [2.45, 2.75) is 31.2 Å². The third-order valence-electron chi connectivity index (χ3n) is 5.71. The van der Waals surface area contributed by atoms with Gasteiger partial charge in [-0.1, -0.05) is 35.7 Å². The molecule has 0 spiro atoms. The van der Waals surface area contributed by atoms with E-state index in [2.05, 4.69) is 15.6 Å². The first-order valence-electron chi connectivity index (χ1n) is 9.59. The Hall–Kier alpha value is -1.97. The van der Waals surface area contributed by atoms with E-state index in [0.29, 0.717) is 36.1 Å². The van der Waals surface area contributed by atoms with Crippen molar-refractivity contribution in [3.05, 3.63) is 40.5 Å². The van der Waals surface area contributed by atoms with E-state index in [-0.39, 0.29) is 16.3 Å². The van der Waals surface area contributed by atoms with Gasteiger partial charge in [-0.15, -0.1) is 5.10 Å². The highest BCUT2D eigenvalue weighted by atomic mass is 35.5. The molecule has 8 nitrogen and oxygen atoms in total. The van der Waals surface area contributed by atoms with Crippen LogP contribution in [0.3, 0.4) is 0 Å². The zero-order chi connectivity index (χ0) is 20.8. The maximum atomic E-state index is 12.8. The summed E-state index contributed by atoms with van der Waals surface area (Å²) >= 11 is 6.21. The molecule has 1 N–H and O–H groups in total. The van der Waals surface area contributed by atoms with Gasteiger partial charge in [0.25, 0.3) is 15.9 Å². The van der Waals surface area contributed by atoms with Crippen molar-refractivity contribution in [2.75, 3.05) is 19.6 Å². The molecule has 0 radical (unpaired) electrons. The van der Waals surface area contributed by atoms with Crippen molar-refractivity contribution in [1.82, 2.24) is 24.6 Å². The Kier molecular flexibility index (Phi) is 5.16. The molecule has 0 unspecified atom stereocenters. The Morgan fingerprint density at radius 2 is 2.07 bits per heavy atom. The summed E-state index contributed by atoms with van der Waals surface area (Å²) in [7, 11) is -2.08. The molecule has 0 bridgehead atoms. The van der Waals surface area contributed by atoms with Gasteiger partial charge >= 0.3 is 0 Å². The summed E-state index contributed by atoms with van der Waals surface area (Å²) in [5.74, 6) is 0.375. The van der Waals surface area contributed by atoms with E-state index in [9.17, 15) is 13.2 Å². The first-order valence-corrected chi connectivity index (χ1v) is 11.4. The molecule has 2 aliphatic rings. The van der Waals surface area contributed by atoms with Crippen LogP contribution in [0.2, 0.25) is 5.02 Å². The Morgan fingerprint density at radius 1 is 1.34 bits per heavy atom. The van der Waals surface area contributed by atoms with Gasteiger partial charge in [0.05, 0.1) is 16.8 Å². The first-order chi connectivity index (χ1) is 13.7. The van der Waals surface area contributed by atoms with Gasteiger partial charge < -0.3 is 5.32 Å². The summed E-state index contributed by atoms with van der Waals surface area (Å²) in [6.45, 7) is 3.08. The normalized spacial score (nSPS) is 19.0. The van der Waals surface area contributed by atoms with Crippen molar-refractivity contribution in [3.8, 4) is 0 Å². The van der Waals surface area contributed by atoms with Crippen molar-refractivity contribution in [2.24, 2.45) is 18.4 Å². The third-order valence-corrected chi connectivity index (χ3v) is 7.86. The van der Waals surface area contributed by atoms with Crippen LogP contribution in [0.1, 0.15) is 35.2 Å². The van der Waals surface area contributed by atoms with Crippen molar-refractivity contribution in [1.29, 1.82) is 0 Å². The van der Waals surface area contributed by atoms with E-state index in [1.165, 1.54) is 15.2 Å². The van der Waals surface area contributed by atoms with E-state index < -0.39 is 10.0 Å². The van der Waals surface area contributed by atoms with Crippen LogP contribution in [0, 0.1) is 18.3 Å². The summed E-state index contributed by atoms with van der Waals surface area (Å²) in [5, 5.41) is 10.9. The molecule has 29 heavy (non-hydrogen) atoms. The second kappa shape index (κ2) is 7.37. The second-order valence-corrected chi connectivity index (χ2v) is 10.6. The summed E-state index contributed by atoms with van der Waals surface area (Å²) < 4.78 is 28.4. The quantitative estimate of drug-likeness (QED) is 0.714. The predicted octanol–water partition coefficient (Wildman–Crippen LogP) is 2.00. The van der Waals surface area contributed by atoms with Gasteiger partial charge in [0.1, 0.15) is 0 Å². The number of hydrogen-bond donors (Lipinski definition) is 1. The Bertz CT molecular complexity index is 1040. The Labute approximate surface area is 175 Å². The number of carbonyl (C=O) groups excluding carboxylic acids is 1. The maximum absolute atomic E-state index is 12.8. The van der Waals surface area contributed by atoms with Crippen LogP contribution in [0.25, 0.3) is 0 Å². The fourth-order valence-corrected chi connectivity index (χ4v) is 5.96. The molecule has 2 aromatic rings. The van der Waals surface area contributed by atoms with Gasteiger partial charge in [0.15, 0.2) is 5.03 Å². The van der Waals surface area contributed by atoms with Crippen LogP contribution in [0.5, 0.6) is 0 Å². The van der Waals surface area contributed by atoms with Gasteiger partial charge in [0.2, 0.25) is 0 Å². The number of carbonyl (C=O) groups is 1. The number of benzene rings is 1. The minimum absolute atomic E-state index is 0.0768. The van der Waals surface area contributed by atoms with Gasteiger partial charge in [-0.3, -0.25) is 4.79 Å². The molecule has 1 aliphatic carbocycles. The number of halogens is 1. The number of amides is 1. The summed E-state index contributed by atoms with van der Waals surface area (Å²) in [4.78, 5) is 12.6. The molecule has 1 aromatic carbocycles. The minimum Gasteiger partial charge on any atom is -0.351 e. The van der Waals surface area contributed by atoms with Crippen molar-refractivity contribution >= 4 is 27.5 Å². The number of aryl methyl sites for hydroxylation is 2. The second-order valence-electron chi connectivity index (χ2n) is 8.28. The van der Waals surface area contributed by atoms with Gasteiger partial charge in [-0.2, -0.15) is 4.31 Å².